The fraction of sp³-hybridized carbons (Fsp3) is 0.462. The lowest BCUT2D eigenvalue weighted by molar-refractivity contribution is 0.188. The van der Waals surface area contributed by atoms with Crippen molar-refractivity contribution in [3.63, 3.8) is 0 Å². The van der Waals surface area contributed by atoms with Gasteiger partial charge < -0.3 is 20.5 Å². The van der Waals surface area contributed by atoms with E-state index in [1.54, 1.807) is 0 Å². The van der Waals surface area contributed by atoms with E-state index in [9.17, 15) is 4.79 Å². The molecule has 1 saturated heterocycles. The van der Waals surface area contributed by atoms with Crippen molar-refractivity contribution < 1.29 is 14.6 Å². The molecule has 19 heavy (non-hydrogen) atoms. The van der Waals surface area contributed by atoms with Crippen LogP contribution in [0.3, 0.4) is 0 Å². The number of aliphatic hydroxyl groups is 1. The minimum absolute atomic E-state index is 0.108. The van der Waals surface area contributed by atoms with Gasteiger partial charge in [0.15, 0.2) is 0 Å². The zero-order valence-electron chi connectivity index (χ0n) is 10.4. The lowest BCUT2D eigenvalue weighted by Crippen LogP contribution is -2.41. The molecule has 102 valence electrons. The van der Waals surface area contributed by atoms with Crippen LogP contribution in [0.25, 0.3) is 0 Å². The summed E-state index contributed by atoms with van der Waals surface area (Å²) in [6.45, 7) is 1.56. The Bertz CT molecular complexity index is 484. The molecule has 0 aromatic carbocycles. The monoisotopic (exact) mass is 280 g/mol. The Labute approximate surface area is 116 Å². The van der Waals surface area contributed by atoms with Crippen LogP contribution in [-0.4, -0.2) is 37.0 Å². The molecule has 3 N–H and O–H groups in total. The molecule has 2 amide bonds. The summed E-state index contributed by atoms with van der Waals surface area (Å²) >= 11 is 1.53. The van der Waals surface area contributed by atoms with Crippen LogP contribution in [0.1, 0.15) is 16.9 Å². The van der Waals surface area contributed by atoms with E-state index in [0.29, 0.717) is 19.8 Å². The van der Waals surface area contributed by atoms with Crippen LogP contribution in [0.4, 0.5) is 4.79 Å². The van der Waals surface area contributed by atoms with Gasteiger partial charge in [-0.25, -0.2) is 4.79 Å². The number of urea groups is 1. The summed E-state index contributed by atoms with van der Waals surface area (Å²) in [5.74, 6) is 5.46. The smallest absolute Gasteiger partial charge is 0.315 e. The molecule has 1 atom stereocenters. The summed E-state index contributed by atoms with van der Waals surface area (Å²) in [5, 5.41) is 16.3. The molecule has 1 aliphatic heterocycles. The minimum Gasteiger partial charge on any atom is -0.384 e. The van der Waals surface area contributed by atoms with E-state index in [2.05, 4.69) is 22.5 Å². The number of hydrogen-bond acceptors (Lipinski definition) is 4. The number of aliphatic hydroxyl groups excluding tert-OH is 1. The highest BCUT2D eigenvalue weighted by Crippen LogP contribution is 2.15. The zero-order chi connectivity index (χ0) is 13.5. The van der Waals surface area contributed by atoms with Crippen molar-refractivity contribution in [1.29, 1.82) is 0 Å². The van der Waals surface area contributed by atoms with Crippen LogP contribution in [0, 0.1) is 11.8 Å². The predicted molar refractivity (Wildman–Crippen MR) is 72.9 cm³/mol. The van der Waals surface area contributed by atoms with Crippen molar-refractivity contribution in [3.05, 3.63) is 21.9 Å². The van der Waals surface area contributed by atoms with E-state index in [1.807, 2.05) is 11.4 Å². The number of carbonyl (C=O) groups is 1. The van der Waals surface area contributed by atoms with Crippen LogP contribution in [0.5, 0.6) is 0 Å². The van der Waals surface area contributed by atoms with E-state index < -0.39 is 0 Å². The van der Waals surface area contributed by atoms with Crippen molar-refractivity contribution in [2.45, 2.75) is 19.0 Å². The summed E-state index contributed by atoms with van der Waals surface area (Å²) in [4.78, 5) is 12.7. The second-order valence-electron chi connectivity index (χ2n) is 4.10. The molecule has 6 heteroatoms. The number of thiophene rings is 1. The van der Waals surface area contributed by atoms with Gasteiger partial charge >= 0.3 is 6.03 Å². The second-order valence-corrected chi connectivity index (χ2v) is 5.11. The Kier molecular flexibility index (Phi) is 5.21. The van der Waals surface area contributed by atoms with Crippen molar-refractivity contribution in [3.8, 4) is 11.8 Å². The van der Waals surface area contributed by atoms with Gasteiger partial charge in [-0.05, 0) is 17.9 Å². The molecule has 0 radical (unpaired) electrons. The summed E-state index contributed by atoms with van der Waals surface area (Å²) in [6.07, 6.45) is 0.861. The van der Waals surface area contributed by atoms with Gasteiger partial charge in [-0.3, -0.25) is 0 Å². The van der Waals surface area contributed by atoms with Crippen LogP contribution < -0.4 is 10.6 Å². The highest BCUT2D eigenvalue weighted by molar-refractivity contribution is 7.10. The third-order valence-electron chi connectivity index (χ3n) is 2.72. The number of ether oxygens (including phenoxy) is 1. The SMILES string of the molecule is O=C(NCc1sccc1C#CCO)NC1CCOC1. The van der Waals surface area contributed by atoms with Gasteiger partial charge in [0.05, 0.1) is 19.2 Å². The van der Waals surface area contributed by atoms with Crippen molar-refractivity contribution in [2.75, 3.05) is 19.8 Å². The van der Waals surface area contributed by atoms with Crippen LogP contribution in [-0.2, 0) is 11.3 Å². The molecule has 2 rings (SSSR count). The maximum Gasteiger partial charge on any atom is 0.315 e. The lowest BCUT2D eigenvalue weighted by atomic mass is 10.2. The first-order valence-corrected chi connectivity index (χ1v) is 6.96. The highest BCUT2D eigenvalue weighted by Gasteiger charge is 2.17. The van der Waals surface area contributed by atoms with Gasteiger partial charge in [-0.1, -0.05) is 11.8 Å². The molecular weight excluding hydrogens is 264 g/mol. The fourth-order valence-electron chi connectivity index (χ4n) is 1.77. The molecule has 1 aromatic rings. The van der Waals surface area contributed by atoms with E-state index >= 15 is 0 Å². The molecule has 1 aromatic heterocycles. The van der Waals surface area contributed by atoms with Gasteiger partial charge in [0.25, 0.3) is 0 Å². The Hall–Kier alpha value is -1.55. The van der Waals surface area contributed by atoms with E-state index in [4.69, 9.17) is 9.84 Å². The Morgan fingerprint density at radius 1 is 1.63 bits per heavy atom. The summed E-state index contributed by atoms with van der Waals surface area (Å²) in [5.41, 5.74) is 0.851. The molecule has 0 saturated carbocycles. The first-order chi connectivity index (χ1) is 9.29. The standard InChI is InChI=1S/C13H16N2O3S/c16-5-1-2-10-4-7-19-12(10)8-14-13(17)15-11-3-6-18-9-11/h4,7,11,16H,3,5-6,8-9H2,(H2,14,15,17). The number of rotatable bonds is 3. The first kappa shape index (κ1) is 13.9. The molecule has 5 nitrogen and oxygen atoms in total. The third-order valence-corrected chi connectivity index (χ3v) is 3.64. The van der Waals surface area contributed by atoms with E-state index in [-0.39, 0.29) is 18.7 Å². The Balaban J connectivity index is 1.81. The largest absolute Gasteiger partial charge is 0.384 e. The quantitative estimate of drug-likeness (QED) is 0.713. The molecule has 0 aliphatic carbocycles. The number of carbonyl (C=O) groups excluding carboxylic acids is 1. The second kappa shape index (κ2) is 7.14. The summed E-state index contributed by atoms with van der Waals surface area (Å²) < 4.78 is 5.19. The molecule has 1 aliphatic rings. The molecular formula is C13H16N2O3S. The predicted octanol–water partition coefficient (Wildman–Crippen LogP) is 0.680. The Morgan fingerprint density at radius 2 is 2.53 bits per heavy atom. The average Bonchev–Trinajstić information content (AvgIpc) is 3.05. The van der Waals surface area contributed by atoms with Gasteiger partial charge in [-0.15, -0.1) is 11.3 Å². The molecule has 1 unspecified atom stereocenters. The topological polar surface area (TPSA) is 70.6 Å². The maximum atomic E-state index is 11.7. The number of nitrogens with one attached hydrogen (secondary N) is 2. The van der Waals surface area contributed by atoms with Crippen LogP contribution in [0.15, 0.2) is 11.4 Å². The van der Waals surface area contributed by atoms with E-state index in [0.717, 1.165) is 16.9 Å². The van der Waals surface area contributed by atoms with Gasteiger partial charge in [0, 0.05) is 17.0 Å². The van der Waals surface area contributed by atoms with Gasteiger partial charge in [-0.2, -0.15) is 0 Å². The number of hydrogen-bond donors (Lipinski definition) is 3. The molecule has 0 bridgehead atoms. The van der Waals surface area contributed by atoms with Gasteiger partial charge in [0.2, 0.25) is 0 Å². The fourth-order valence-corrected chi connectivity index (χ4v) is 2.54. The number of amides is 2. The first-order valence-electron chi connectivity index (χ1n) is 6.08. The third kappa shape index (κ3) is 4.24. The summed E-state index contributed by atoms with van der Waals surface area (Å²) in [6, 6.07) is 1.80. The lowest BCUT2D eigenvalue weighted by Gasteiger charge is -2.11. The minimum atomic E-state index is -0.190. The average molecular weight is 280 g/mol. The van der Waals surface area contributed by atoms with Crippen LogP contribution in [0.2, 0.25) is 0 Å². The molecule has 1 fully saturated rings. The van der Waals surface area contributed by atoms with Crippen molar-refractivity contribution in [2.24, 2.45) is 0 Å². The zero-order valence-corrected chi connectivity index (χ0v) is 11.3. The molecule has 2 heterocycles. The molecule has 0 spiro atoms. The normalized spacial score (nSPS) is 17.6. The van der Waals surface area contributed by atoms with Crippen molar-refractivity contribution in [1.82, 2.24) is 10.6 Å². The highest BCUT2D eigenvalue weighted by atomic mass is 32.1. The van der Waals surface area contributed by atoms with Gasteiger partial charge in [0.1, 0.15) is 6.61 Å². The summed E-state index contributed by atoms with van der Waals surface area (Å²) in [7, 11) is 0. The van der Waals surface area contributed by atoms with Crippen molar-refractivity contribution >= 4 is 17.4 Å². The van der Waals surface area contributed by atoms with Crippen LogP contribution >= 0.6 is 11.3 Å². The maximum absolute atomic E-state index is 11.7. The van der Waals surface area contributed by atoms with E-state index in [1.165, 1.54) is 11.3 Å². The Morgan fingerprint density at radius 3 is 3.26 bits per heavy atom.